The maximum Gasteiger partial charge on any atom is 0.340 e. The van der Waals surface area contributed by atoms with Crippen LogP contribution in [0.5, 0.6) is 0 Å². The zero-order valence-electron chi connectivity index (χ0n) is 14.0. The number of hydrogen-bond acceptors (Lipinski definition) is 3. The summed E-state index contributed by atoms with van der Waals surface area (Å²) in [4.78, 5) is 25.2. The zero-order chi connectivity index (χ0) is 17.3. The maximum absolute atomic E-state index is 13.0. The predicted octanol–water partition coefficient (Wildman–Crippen LogP) is 3.99. The van der Waals surface area contributed by atoms with E-state index in [1.54, 1.807) is 11.5 Å². The monoisotopic (exact) mass is 321 g/mol. The standard InChI is InChI=1S/C20H19NO3/c1-4-14-9-11-15(12-10-14)19(22)21-13(2)18(20(23)24-3)16-7-5-6-8-17(16)21/h5-12H,4H2,1-3H3. The molecule has 0 unspecified atom stereocenters. The number of ether oxygens (including phenoxy) is 1. The van der Waals surface area contributed by atoms with Crippen LogP contribution in [-0.4, -0.2) is 23.6 Å². The van der Waals surface area contributed by atoms with Crippen LogP contribution in [-0.2, 0) is 11.2 Å². The number of hydrogen-bond donors (Lipinski definition) is 0. The lowest BCUT2D eigenvalue weighted by Gasteiger charge is -2.08. The first-order valence-electron chi connectivity index (χ1n) is 7.90. The van der Waals surface area contributed by atoms with Crippen LogP contribution in [0.15, 0.2) is 48.5 Å². The minimum Gasteiger partial charge on any atom is -0.465 e. The average Bonchev–Trinajstić information content (AvgIpc) is 2.92. The minimum atomic E-state index is -0.434. The van der Waals surface area contributed by atoms with Crippen molar-refractivity contribution in [3.8, 4) is 0 Å². The molecule has 122 valence electrons. The van der Waals surface area contributed by atoms with E-state index in [4.69, 9.17) is 4.74 Å². The van der Waals surface area contributed by atoms with Gasteiger partial charge >= 0.3 is 5.97 Å². The zero-order valence-corrected chi connectivity index (χ0v) is 14.0. The lowest BCUT2D eigenvalue weighted by molar-refractivity contribution is 0.0602. The first kappa shape index (κ1) is 16.0. The number of fused-ring (bicyclic) bond motifs is 1. The predicted molar refractivity (Wildman–Crippen MR) is 93.6 cm³/mol. The summed E-state index contributed by atoms with van der Waals surface area (Å²) < 4.78 is 6.48. The van der Waals surface area contributed by atoms with E-state index in [9.17, 15) is 9.59 Å². The van der Waals surface area contributed by atoms with Crippen LogP contribution in [0.4, 0.5) is 0 Å². The molecule has 0 amide bonds. The number of methoxy groups -OCH3 is 1. The van der Waals surface area contributed by atoms with Crippen LogP contribution < -0.4 is 0 Å². The fraction of sp³-hybridized carbons (Fsp3) is 0.200. The number of benzene rings is 2. The highest BCUT2D eigenvalue weighted by Gasteiger charge is 2.23. The van der Waals surface area contributed by atoms with Gasteiger partial charge in [0.2, 0.25) is 0 Å². The number of rotatable bonds is 3. The van der Waals surface area contributed by atoms with Gasteiger partial charge < -0.3 is 4.74 Å². The van der Waals surface area contributed by atoms with E-state index in [2.05, 4.69) is 6.92 Å². The van der Waals surface area contributed by atoms with Gasteiger partial charge in [0.1, 0.15) is 0 Å². The summed E-state index contributed by atoms with van der Waals surface area (Å²) in [6.07, 6.45) is 0.923. The molecule has 0 saturated carbocycles. The summed E-state index contributed by atoms with van der Waals surface area (Å²) in [7, 11) is 1.35. The van der Waals surface area contributed by atoms with E-state index in [-0.39, 0.29) is 5.91 Å². The molecule has 3 aromatic rings. The summed E-state index contributed by atoms with van der Waals surface area (Å²) in [6, 6.07) is 14.9. The minimum absolute atomic E-state index is 0.151. The maximum atomic E-state index is 13.0. The summed E-state index contributed by atoms with van der Waals surface area (Å²) >= 11 is 0. The Hall–Kier alpha value is -2.88. The average molecular weight is 321 g/mol. The second-order valence-corrected chi connectivity index (χ2v) is 5.66. The van der Waals surface area contributed by atoms with E-state index in [1.807, 2.05) is 48.5 Å². The molecule has 4 nitrogen and oxygen atoms in total. The van der Waals surface area contributed by atoms with Gasteiger partial charge in [0.05, 0.1) is 18.2 Å². The molecule has 4 heteroatoms. The molecule has 3 rings (SSSR count). The Morgan fingerprint density at radius 2 is 1.71 bits per heavy atom. The van der Waals surface area contributed by atoms with Crippen molar-refractivity contribution in [2.24, 2.45) is 0 Å². The molecular formula is C20H19NO3. The number of para-hydroxylation sites is 1. The molecule has 0 bridgehead atoms. The first-order valence-corrected chi connectivity index (χ1v) is 7.90. The topological polar surface area (TPSA) is 48.3 Å². The molecular weight excluding hydrogens is 302 g/mol. The van der Waals surface area contributed by atoms with Crippen molar-refractivity contribution in [3.05, 3.63) is 70.9 Å². The third kappa shape index (κ3) is 2.50. The van der Waals surface area contributed by atoms with Gasteiger partial charge in [0.25, 0.3) is 5.91 Å². The van der Waals surface area contributed by atoms with E-state index < -0.39 is 5.97 Å². The summed E-state index contributed by atoms with van der Waals surface area (Å²) in [5.41, 5.74) is 3.50. The molecule has 0 N–H and O–H groups in total. The highest BCUT2D eigenvalue weighted by molar-refractivity contribution is 6.11. The Labute approximate surface area is 140 Å². The van der Waals surface area contributed by atoms with Crippen LogP contribution in [0, 0.1) is 6.92 Å². The molecule has 0 saturated heterocycles. The molecule has 2 aromatic carbocycles. The van der Waals surface area contributed by atoms with Crippen molar-refractivity contribution < 1.29 is 14.3 Å². The van der Waals surface area contributed by atoms with E-state index >= 15 is 0 Å². The van der Waals surface area contributed by atoms with Crippen LogP contribution in [0.1, 0.15) is 38.9 Å². The number of nitrogens with zero attached hydrogens (tertiary/aromatic N) is 1. The number of aryl methyl sites for hydroxylation is 1. The molecule has 0 aliphatic rings. The number of carbonyl (C=O) groups is 2. The van der Waals surface area contributed by atoms with Gasteiger partial charge in [-0.2, -0.15) is 0 Å². The summed E-state index contributed by atoms with van der Waals surface area (Å²) in [5.74, 6) is -0.585. The molecule has 24 heavy (non-hydrogen) atoms. The van der Waals surface area contributed by atoms with Crippen molar-refractivity contribution in [2.45, 2.75) is 20.3 Å². The Morgan fingerprint density at radius 1 is 1.04 bits per heavy atom. The first-order chi connectivity index (χ1) is 11.6. The molecule has 0 aliphatic heterocycles. The highest BCUT2D eigenvalue weighted by atomic mass is 16.5. The lowest BCUT2D eigenvalue weighted by atomic mass is 10.1. The fourth-order valence-electron chi connectivity index (χ4n) is 3.00. The smallest absolute Gasteiger partial charge is 0.340 e. The number of aromatic nitrogens is 1. The summed E-state index contributed by atoms with van der Waals surface area (Å²) in [6.45, 7) is 3.84. The third-order valence-electron chi connectivity index (χ3n) is 4.31. The van der Waals surface area contributed by atoms with Gasteiger partial charge in [0.15, 0.2) is 0 Å². The second-order valence-electron chi connectivity index (χ2n) is 5.66. The Balaban J connectivity index is 2.20. The molecule has 1 heterocycles. The normalized spacial score (nSPS) is 10.8. The molecule has 0 aliphatic carbocycles. The van der Waals surface area contributed by atoms with E-state index in [0.717, 1.165) is 11.8 Å². The molecule has 0 radical (unpaired) electrons. The van der Waals surface area contributed by atoms with Crippen LogP contribution in [0.25, 0.3) is 10.9 Å². The van der Waals surface area contributed by atoms with Crippen molar-refractivity contribution in [1.29, 1.82) is 0 Å². The summed E-state index contributed by atoms with van der Waals surface area (Å²) in [5, 5.41) is 0.723. The van der Waals surface area contributed by atoms with Gasteiger partial charge in [-0.05, 0) is 37.1 Å². The van der Waals surface area contributed by atoms with Gasteiger partial charge in [-0.15, -0.1) is 0 Å². The van der Waals surface area contributed by atoms with E-state index in [1.165, 1.54) is 12.7 Å². The largest absolute Gasteiger partial charge is 0.465 e. The molecule has 0 fully saturated rings. The molecule has 0 spiro atoms. The lowest BCUT2D eigenvalue weighted by Crippen LogP contribution is -2.14. The van der Waals surface area contributed by atoms with Crippen LogP contribution >= 0.6 is 0 Å². The van der Waals surface area contributed by atoms with Crippen molar-refractivity contribution >= 4 is 22.8 Å². The second kappa shape index (κ2) is 6.32. The van der Waals surface area contributed by atoms with Gasteiger partial charge in [-0.1, -0.05) is 37.3 Å². The van der Waals surface area contributed by atoms with Gasteiger partial charge in [0, 0.05) is 16.6 Å². The Morgan fingerprint density at radius 3 is 2.33 bits per heavy atom. The molecule has 1 aromatic heterocycles. The van der Waals surface area contributed by atoms with Gasteiger partial charge in [-0.3, -0.25) is 9.36 Å². The number of carbonyl (C=O) groups excluding carboxylic acids is 2. The Kier molecular flexibility index (Phi) is 4.21. The quantitative estimate of drug-likeness (QED) is 0.685. The van der Waals surface area contributed by atoms with Gasteiger partial charge in [-0.25, -0.2) is 4.79 Å². The van der Waals surface area contributed by atoms with Crippen LogP contribution in [0.2, 0.25) is 0 Å². The third-order valence-corrected chi connectivity index (χ3v) is 4.31. The van der Waals surface area contributed by atoms with E-state index in [0.29, 0.717) is 22.3 Å². The van der Waals surface area contributed by atoms with Crippen molar-refractivity contribution in [3.63, 3.8) is 0 Å². The SMILES string of the molecule is CCc1ccc(C(=O)n2c(C)c(C(=O)OC)c3ccccc32)cc1. The van der Waals surface area contributed by atoms with Crippen molar-refractivity contribution in [1.82, 2.24) is 4.57 Å². The van der Waals surface area contributed by atoms with Crippen molar-refractivity contribution in [2.75, 3.05) is 7.11 Å². The van der Waals surface area contributed by atoms with Crippen LogP contribution in [0.3, 0.4) is 0 Å². The Bertz CT molecular complexity index is 920. The number of esters is 1. The fourth-order valence-corrected chi connectivity index (χ4v) is 3.00. The molecule has 0 atom stereocenters. The highest BCUT2D eigenvalue weighted by Crippen LogP contribution is 2.27.